The number of hydrogen-bond acceptors (Lipinski definition) is 5. The lowest BCUT2D eigenvalue weighted by atomic mass is 9.98. The van der Waals surface area contributed by atoms with Crippen LogP contribution < -0.4 is 15.4 Å². The fraction of sp³-hybridized carbons (Fsp3) is 0.500. The van der Waals surface area contributed by atoms with Gasteiger partial charge in [0.2, 0.25) is 11.8 Å². The molecule has 0 unspecified atom stereocenters. The number of anilines is 1. The van der Waals surface area contributed by atoms with Crippen molar-refractivity contribution in [2.75, 3.05) is 32.6 Å². The number of nitriles is 1. The zero-order chi connectivity index (χ0) is 19.3. The number of carbonyl (C=O) groups is 2. The van der Waals surface area contributed by atoms with Crippen LogP contribution in [-0.2, 0) is 9.59 Å². The molecule has 2 rings (SSSR count). The van der Waals surface area contributed by atoms with E-state index in [1.807, 2.05) is 0 Å². The summed E-state index contributed by atoms with van der Waals surface area (Å²) in [5.41, 5.74) is -0.373. The van der Waals surface area contributed by atoms with Crippen LogP contribution in [0, 0.1) is 17.2 Å². The Morgan fingerprint density at radius 1 is 1.38 bits per heavy atom. The first-order valence-electron chi connectivity index (χ1n) is 8.31. The molecule has 1 aliphatic carbocycles. The van der Waals surface area contributed by atoms with Crippen LogP contribution in [0.1, 0.15) is 19.8 Å². The topological polar surface area (TPSA) is 94.5 Å². The Balaban J connectivity index is 1.86. The maximum Gasteiger partial charge on any atom is 0.238 e. The maximum atomic E-state index is 12.2. The van der Waals surface area contributed by atoms with Crippen molar-refractivity contribution in [3.05, 3.63) is 23.2 Å². The van der Waals surface area contributed by atoms with E-state index in [0.29, 0.717) is 16.5 Å². The molecule has 0 aliphatic heterocycles. The molecule has 0 radical (unpaired) electrons. The van der Waals surface area contributed by atoms with Gasteiger partial charge in [-0.1, -0.05) is 11.6 Å². The van der Waals surface area contributed by atoms with Crippen molar-refractivity contribution in [2.45, 2.75) is 25.3 Å². The van der Waals surface area contributed by atoms with E-state index in [9.17, 15) is 14.9 Å². The first-order valence-corrected chi connectivity index (χ1v) is 8.69. The number of nitrogens with one attached hydrogen (secondary N) is 2. The highest BCUT2D eigenvalue weighted by Crippen LogP contribution is 2.39. The summed E-state index contributed by atoms with van der Waals surface area (Å²) in [5, 5.41) is 15.3. The third-order valence-electron chi connectivity index (χ3n) is 4.29. The number of rotatable bonds is 8. The molecule has 0 aromatic heterocycles. The van der Waals surface area contributed by atoms with Gasteiger partial charge in [-0.2, -0.15) is 5.26 Å². The van der Waals surface area contributed by atoms with Crippen LogP contribution in [0.15, 0.2) is 18.2 Å². The molecule has 1 saturated carbocycles. The first-order chi connectivity index (χ1) is 12.3. The van der Waals surface area contributed by atoms with Crippen molar-refractivity contribution >= 4 is 29.1 Å². The molecule has 1 aromatic rings. The molecular weight excluding hydrogens is 356 g/mol. The predicted molar refractivity (Wildman–Crippen MR) is 99.0 cm³/mol. The molecule has 1 atom stereocenters. The second kappa shape index (κ2) is 8.39. The van der Waals surface area contributed by atoms with E-state index >= 15 is 0 Å². The van der Waals surface area contributed by atoms with Gasteiger partial charge in [0.05, 0.1) is 32.0 Å². The average molecular weight is 379 g/mol. The summed E-state index contributed by atoms with van der Waals surface area (Å²) >= 11 is 5.94. The Morgan fingerprint density at radius 2 is 2.04 bits per heavy atom. The molecule has 2 amide bonds. The Bertz CT molecular complexity index is 730. The van der Waals surface area contributed by atoms with Gasteiger partial charge in [-0.15, -0.1) is 0 Å². The number of ether oxygens (including phenoxy) is 1. The standard InChI is InChI=1S/C18H23ClN4O3/c1-18(11-20,12-4-5-12)22-17(25)10-23(2)9-16(24)21-14-8-13(19)6-7-15(14)26-3/h6-8,12H,4-5,9-10H2,1-3H3,(H,21,24)(H,22,25)/t18-/m0/s1. The van der Waals surface area contributed by atoms with Crippen LogP contribution in [0.3, 0.4) is 0 Å². The van der Waals surface area contributed by atoms with Crippen molar-refractivity contribution in [2.24, 2.45) is 5.92 Å². The Hall–Kier alpha value is -2.30. The van der Waals surface area contributed by atoms with Gasteiger partial charge in [0.1, 0.15) is 11.3 Å². The molecule has 1 aliphatic rings. The lowest BCUT2D eigenvalue weighted by Gasteiger charge is -2.24. The van der Waals surface area contributed by atoms with Crippen molar-refractivity contribution in [3.8, 4) is 11.8 Å². The number of nitrogens with zero attached hydrogens (tertiary/aromatic N) is 2. The highest BCUT2D eigenvalue weighted by molar-refractivity contribution is 6.31. The molecule has 0 bridgehead atoms. The predicted octanol–water partition coefficient (Wildman–Crippen LogP) is 2.03. The monoisotopic (exact) mass is 378 g/mol. The normalized spacial score (nSPS) is 15.7. The van der Waals surface area contributed by atoms with Crippen molar-refractivity contribution in [3.63, 3.8) is 0 Å². The number of likely N-dealkylation sites (N-methyl/N-ethyl adjacent to an activating group) is 1. The molecule has 8 heteroatoms. The van der Waals surface area contributed by atoms with E-state index in [4.69, 9.17) is 16.3 Å². The summed E-state index contributed by atoms with van der Waals surface area (Å²) in [6, 6.07) is 7.10. The molecular formula is C18H23ClN4O3. The molecule has 0 heterocycles. The zero-order valence-corrected chi connectivity index (χ0v) is 15.9. The minimum Gasteiger partial charge on any atom is -0.495 e. The number of carbonyl (C=O) groups excluding carboxylic acids is 2. The van der Waals surface area contributed by atoms with Gasteiger partial charge in [0.15, 0.2) is 0 Å². The largest absolute Gasteiger partial charge is 0.495 e. The van der Waals surface area contributed by atoms with E-state index in [1.54, 1.807) is 37.1 Å². The average Bonchev–Trinajstić information content (AvgIpc) is 3.39. The van der Waals surface area contributed by atoms with Crippen LogP contribution in [0.25, 0.3) is 0 Å². The van der Waals surface area contributed by atoms with Crippen molar-refractivity contribution < 1.29 is 14.3 Å². The van der Waals surface area contributed by atoms with Crippen LogP contribution in [0.2, 0.25) is 5.02 Å². The van der Waals surface area contributed by atoms with Gasteiger partial charge in [-0.3, -0.25) is 14.5 Å². The quantitative estimate of drug-likeness (QED) is 0.721. The number of amides is 2. The molecule has 0 saturated heterocycles. The SMILES string of the molecule is COc1ccc(Cl)cc1NC(=O)CN(C)CC(=O)N[C@@](C)(C#N)C1CC1. The molecule has 2 N–H and O–H groups in total. The summed E-state index contributed by atoms with van der Waals surface area (Å²) < 4.78 is 5.18. The fourth-order valence-corrected chi connectivity index (χ4v) is 2.90. The fourth-order valence-electron chi connectivity index (χ4n) is 2.72. The summed E-state index contributed by atoms with van der Waals surface area (Å²) in [6.07, 6.45) is 1.90. The zero-order valence-electron chi connectivity index (χ0n) is 15.1. The summed E-state index contributed by atoms with van der Waals surface area (Å²) in [7, 11) is 3.16. The van der Waals surface area contributed by atoms with Crippen LogP contribution in [-0.4, -0.2) is 49.5 Å². The number of benzene rings is 1. The Labute approximate surface area is 158 Å². The van der Waals surface area contributed by atoms with Gasteiger partial charge in [0, 0.05) is 5.02 Å². The molecule has 1 fully saturated rings. The molecule has 1 aromatic carbocycles. The molecule has 7 nitrogen and oxygen atoms in total. The first kappa shape index (κ1) is 20.0. The van der Waals surface area contributed by atoms with E-state index in [1.165, 1.54) is 7.11 Å². The van der Waals surface area contributed by atoms with E-state index in [0.717, 1.165) is 12.8 Å². The number of halogens is 1. The molecule has 140 valence electrons. The van der Waals surface area contributed by atoms with Crippen LogP contribution >= 0.6 is 11.6 Å². The summed E-state index contributed by atoms with van der Waals surface area (Å²) in [5.74, 6) is 0.125. The van der Waals surface area contributed by atoms with Gasteiger partial charge >= 0.3 is 0 Å². The second-order valence-corrected chi connectivity index (χ2v) is 7.14. The highest BCUT2D eigenvalue weighted by atomic mass is 35.5. The Morgan fingerprint density at radius 3 is 2.62 bits per heavy atom. The third-order valence-corrected chi connectivity index (χ3v) is 4.52. The highest BCUT2D eigenvalue weighted by Gasteiger charge is 2.43. The Kier molecular flexibility index (Phi) is 6.46. The summed E-state index contributed by atoms with van der Waals surface area (Å²) in [6.45, 7) is 1.76. The number of methoxy groups -OCH3 is 1. The van der Waals surface area contributed by atoms with E-state index in [-0.39, 0.29) is 30.8 Å². The second-order valence-electron chi connectivity index (χ2n) is 6.70. The van der Waals surface area contributed by atoms with Crippen LogP contribution in [0.5, 0.6) is 5.75 Å². The minimum atomic E-state index is -0.839. The maximum absolute atomic E-state index is 12.2. The van der Waals surface area contributed by atoms with Gasteiger partial charge in [-0.05, 0) is 50.9 Å². The van der Waals surface area contributed by atoms with Gasteiger partial charge in [-0.25, -0.2) is 0 Å². The smallest absolute Gasteiger partial charge is 0.238 e. The van der Waals surface area contributed by atoms with E-state index < -0.39 is 5.54 Å². The minimum absolute atomic E-state index is 0.00971. The third kappa shape index (κ3) is 5.35. The van der Waals surface area contributed by atoms with Gasteiger partial charge < -0.3 is 15.4 Å². The van der Waals surface area contributed by atoms with Crippen LogP contribution in [0.4, 0.5) is 5.69 Å². The summed E-state index contributed by atoms with van der Waals surface area (Å²) in [4.78, 5) is 26.0. The molecule has 0 spiro atoms. The van der Waals surface area contributed by atoms with Crippen molar-refractivity contribution in [1.82, 2.24) is 10.2 Å². The van der Waals surface area contributed by atoms with E-state index in [2.05, 4.69) is 16.7 Å². The molecule has 26 heavy (non-hydrogen) atoms. The number of hydrogen-bond donors (Lipinski definition) is 2. The lowest BCUT2D eigenvalue weighted by molar-refractivity contribution is -0.124. The van der Waals surface area contributed by atoms with Crippen molar-refractivity contribution in [1.29, 1.82) is 5.26 Å². The lowest BCUT2D eigenvalue weighted by Crippen LogP contribution is -2.50. The van der Waals surface area contributed by atoms with Gasteiger partial charge in [0.25, 0.3) is 0 Å².